The molecule has 0 amide bonds. The summed E-state index contributed by atoms with van der Waals surface area (Å²) in [5.74, 6) is 1.20. The molecule has 5 nitrogen and oxygen atoms in total. The molecule has 5 heteroatoms. The fourth-order valence-corrected chi connectivity index (χ4v) is 2.57. The Balaban J connectivity index is 2.13. The molecule has 1 fully saturated rings. The highest BCUT2D eigenvalue weighted by Gasteiger charge is 2.43. The van der Waals surface area contributed by atoms with Crippen LogP contribution in [-0.4, -0.2) is 26.3 Å². The van der Waals surface area contributed by atoms with Gasteiger partial charge < -0.3 is 18.9 Å². The molecule has 2 aliphatic heterocycles. The monoisotopic (exact) mass is 250 g/mol. The van der Waals surface area contributed by atoms with E-state index < -0.39 is 0 Å². The van der Waals surface area contributed by atoms with Crippen molar-refractivity contribution in [1.82, 2.24) is 0 Å². The highest BCUT2D eigenvalue weighted by molar-refractivity contribution is 5.74. The largest absolute Gasteiger partial charge is 0.496 e. The molecule has 2 heterocycles. The molecule has 0 aromatic heterocycles. The molecular formula is C13H14O5. The average molecular weight is 250 g/mol. The maximum absolute atomic E-state index is 11.4. The van der Waals surface area contributed by atoms with Gasteiger partial charge in [0.15, 0.2) is 6.10 Å². The number of ether oxygens (including phenoxy) is 4. The summed E-state index contributed by atoms with van der Waals surface area (Å²) in [6.07, 6.45) is -0.304. The number of esters is 1. The summed E-state index contributed by atoms with van der Waals surface area (Å²) in [5.41, 5.74) is 1.77. The molecule has 1 aromatic carbocycles. The van der Waals surface area contributed by atoms with Crippen LogP contribution in [0.15, 0.2) is 12.1 Å². The molecule has 96 valence electrons. The van der Waals surface area contributed by atoms with Gasteiger partial charge in [-0.25, -0.2) is 0 Å². The number of hydrogen-bond acceptors (Lipinski definition) is 5. The zero-order chi connectivity index (χ0) is 12.7. The van der Waals surface area contributed by atoms with E-state index in [-0.39, 0.29) is 18.2 Å². The second kappa shape index (κ2) is 4.17. The van der Waals surface area contributed by atoms with Gasteiger partial charge in [0.2, 0.25) is 0 Å². The van der Waals surface area contributed by atoms with Crippen molar-refractivity contribution in [2.24, 2.45) is 0 Å². The Bertz CT molecular complexity index is 496. The maximum atomic E-state index is 11.4. The van der Waals surface area contributed by atoms with E-state index in [1.807, 2.05) is 12.1 Å². The molecule has 18 heavy (non-hydrogen) atoms. The van der Waals surface area contributed by atoms with Crippen molar-refractivity contribution < 1.29 is 23.7 Å². The van der Waals surface area contributed by atoms with E-state index in [0.717, 1.165) is 16.9 Å². The van der Waals surface area contributed by atoms with Crippen LogP contribution in [-0.2, 0) is 20.9 Å². The minimum atomic E-state index is -0.383. The van der Waals surface area contributed by atoms with Crippen LogP contribution in [0.1, 0.15) is 23.7 Å². The van der Waals surface area contributed by atoms with Gasteiger partial charge in [-0.2, -0.15) is 0 Å². The summed E-state index contributed by atoms with van der Waals surface area (Å²) in [6, 6.07) is 3.66. The van der Waals surface area contributed by atoms with E-state index in [1.165, 1.54) is 0 Å². The Hall–Kier alpha value is -1.75. The van der Waals surface area contributed by atoms with Crippen molar-refractivity contribution in [3.8, 4) is 11.5 Å². The normalized spacial score (nSPS) is 25.1. The third-order valence-electron chi connectivity index (χ3n) is 3.40. The summed E-state index contributed by atoms with van der Waals surface area (Å²) in [7, 11) is 3.21. The number of hydrogen-bond donors (Lipinski definition) is 0. The van der Waals surface area contributed by atoms with Crippen molar-refractivity contribution in [3.05, 3.63) is 23.3 Å². The van der Waals surface area contributed by atoms with Crippen LogP contribution < -0.4 is 9.47 Å². The van der Waals surface area contributed by atoms with Gasteiger partial charge in [-0.15, -0.1) is 0 Å². The van der Waals surface area contributed by atoms with Crippen LogP contribution in [0.3, 0.4) is 0 Å². The lowest BCUT2D eigenvalue weighted by molar-refractivity contribution is -0.142. The molecule has 1 aromatic rings. The lowest BCUT2D eigenvalue weighted by Gasteiger charge is -2.29. The number of carbonyl (C=O) groups is 1. The molecule has 0 radical (unpaired) electrons. The van der Waals surface area contributed by atoms with Gasteiger partial charge in [-0.05, 0) is 12.1 Å². The smallest absolute Gasteiger partial charge is 0.309 e. The fourth-order valence-electron chi connectivity index (χ4n) is 2.57. The number of rotatable bonds is 2. The highest BCUT2D eigenvalue weighted by Crippen LogP contribution is 2.46. The van der Waals surface area contributed by atoms with Crippen LogP contribution in [0.4, 0.5) is 0 Å². The molecule has 0 saturated carbocycles. The lowest BCUT2D eigenvalue weighted by Crippen LogP contribution is -2.25. The van der Waals surface area contributed by atoms with Crippen LogP contribution in [0.5, 0.6) is 11.5 Å². The van der Waals surface area contributed by atoms with Gasteiger partial charge in [-0.1, -0.05) is 0 Å². The first-order valence-electron chi connectivity index (χ1n) is 5.79. The summed E-state index contributed by atoms with van der Waals surface area (Å²) in [4.78, 5) is 11.4. The number of benzene rings is 1. The van der Waals surface area contributed by atoms with Crippen LogP contribution in [0.2, 0.25) is 0 Å². The molecule has 2 aliphatic rings. The predicted octanol–water partition coefficient (Wildman–Crippen LogP) is 1.59. The number of methoxy groups -OCH3 is 2. The third-order valence-corrected chi connectivity index (χ3v) is 3.40. The van der Waals surface area contributed by atoms with Gasteiger partial charge in [0.05, 0.1) is 27.2 Å². The van der Waals surface area contributed by atoms with Crippen molar-refractivity contribution in [2.45, 2.75) is 25.2 Å². The van der Waals surface area contributed by atoms with Crippen molar-refractivity contribution >= 4 is 5.97 Å². The van der Waals surface area contributed by atoms with E-state index in [9.17, 15) is 4.79 Å². The van der Waals surface area contributed by atoms with Crippen LogP contribution in [0.25, 0.3) is 0 Å². The Labute approximate surface area is 105 Å². The molecule has 1 saturated heterocycles. The summed E-state index contributed by atoms with van der Waals surface area (Å²) < 4.78 is 21.7. The van der Waals surface area contributed by atoms with Gasteiger partial charge in [0.1, 0.15) is 17.6 Å². The maximum Gasteiger partial charge on any atom is 0.309 e. The quantitative estimate of drug-likeness (QED) is 0.746. The summed E-state index contributed by atoms with van der Waals surface area (Å²) in [6.45, 7) is 0.410. The van der Waals surface area contributed by atoms with Gasteiger partial charge in [0.25, 0.3) is 0 Å². The minimum Gasteiger partial charge on any atom is -0.496 e. The Morgan fingerprint density at radius 3 is 2.67 bits per heavy atom. The van der Waals surface area contributed by atoms with Gasteiger partial charge in [-0.3, -0.25) is 4.79 Å². The Kier molecular flexibility index (Phi) is 2.63. The average Bonchev–Trinajstić information content (AvgIpc) is 2.77. The predicted molar refractivity (Wildman–Crippen MR) is 61.6 cm³/mol. The SMILES string of the molecule is COc1ccc(OC)c2c1CO[C@@H]1CC(=O)O[C@H]21. The summed E-state index contributed by atoms with van der Waals surface area (Å²) >= 11 is 0. The third kappa shape index (κ3) is 1.54. The number of fused-ring (bicyclic) bond motifs is 3. The van der Waals surface area contributed by atoms with E-state index in [0.29, 0.717) is 18.8 Å². The number of carbonyl (C=O) groups excluding carboxylic acids is 1. The van der Waals surface area contributed by atoms with E-state index in [1.54, 1.807) is 14.2 Å². The lowest BCUT2D eigenvalue weighted by atomic mass is 9.94. The zero-order valence-electron chi connectivity index (χ0n) is 10.3. The molecule has 0 spiro atoms. The topological polar surface area (TPSA) is 54.0 Å². The molecule has 0 unspecified atom stereocenters. The minimum absolute atomic E-state index is 0.217. The van der Waals surface area contributed by atoms with E-state index >= 15 is 0 Å². The first kappa shape index (κ1) is 11.3. The molecule has 0 bridgehead atoms. The molecule has 0 N–H and O–H groups in total. The van der Waals surface area contributed by atoms with E-state index in [2.05, 4.69) is 0 Å². The van der Waals surface area contributed by atoms with E-state index in [4.69, 9.17) is 18.9 Å². The first-order valence-corrected chi connectivity index (χ1v) is 5.79. The zero-order valence-corrected chi connectivity index (χ0v) is 10.3. The van der Waals surface area contributed by atoms with Crippen LogP contribution in [0, 0.1) is 0 Å². The summed E-state index contributed by atoms with van der Waals surface area (Å²) in [5, 5.41) is 0. The first-order chi connectivity index (χ1) is 8.74. The molecular weight excluding hydrogens is 236 g/mol. The Morgan fingerprint density at radius 1 is 1.22 bits per heavy atom. The highest BCUT2D eigenvalue weighted by atomic mass is 16.6. The van der Waals surface area contributed by atoms with Crippen molar-refractivity contribution in [2.75, 3.05) is 14.2 Å². The molecule has 3 rings (SSSR count). The second-order valence-corrected chi connectivity index (χ2v) is 4.33. The van der Waals surface area contributed by atoms with Gasteiger partial charge >= 0.3 is 5.97 Å². The standard InChI is InChI=1S/C13H14O5/c1-15-8-3-4-9(16-2)12-7(8)6-17-10-5-11(14)18-13(10)12/h3-4,10,13H,5-6H2,1-2H3/t10-,13+/m1/s1. The fraction of sp³-hybridized carbons (Fsp3) is 0.462. The van der Waals surface area contributed by atoms with Gasteiger partial charge in [0, 0.05) is 11.1 Å². The molecule has 2 atom stereocenters. The molecule has 0 aliphatic carbocycles. The second-order valence-electron chi connectivity index (χ2n) is 4.33. The van der Waals surface area contributed by atoms with Crippen molar-refractivity contribution in [3.63, 3.8) is 0 Å². The Morgan fingerprint density at radius 2 is 1.94 bits per heavy atom. The van der Waals surface area contributed by atoms with Crippen molar-refractivity contribution in [1.29, 1.82) is 0 Å². The van der Waals surface area contributed by atoms with Crippen LogP contribution >= 0.6 is 0 Å².